The number of hydrogen-bond acceptors (Lipinski definition) is 8. The van der Waals surface area contributed by atoms with E-state index >= 15 is 0 Å². The van der Waals surface area contributed by atoms with E-state index in [0.717, 1.165) is 33.9 Å². The van der Waals surface area contributed by atoms with Gasteiger partial charge in [-0.05, 0) is 66.9 Å². The minimum atomic E-state index is -0.203. The highest BCUT2D eigenvalue weighted by molar-refractivity contribution is 5.83. The van der Waals surface area contributed by atoms with Crippen LogP contribution >= 0.6 is 0 Å². The van der Waals surface area contributed by atoms with Crippen LogP contribution in [-0.4, -0.2) is 41.0 Å². The normalized spacial score (nSPS) is 10.6. The van der Waals surface area contributed by atoms with Crippen molar-refractivity contribution in [2.24, 2.45) is 0 Å². The van der Waals surface area contributed by atoms with E-state index < -0.39 is 0 Å². The summed E-state index contributed by atoms with van der Waals surface area (Å²) < 4.78 is 17.6. The minimum Gasteiger partial charge on any atom is -0.497 e. The summed E-state index contributed by atoms with van der Waals surface area (Å²) in [5, 5.41) is 10.9. The van der Waals surface area contributed by atoms with Crippen molar-refractivity contribution in [3.05, 3.63) is 89.5 Å². The van der Waals surface area contributed by atoms with E-state index in [0.29, 0.717) is 38.2 Å². The summed E-state index contributed by atoms with van der Waals surface area (Å²) in [5.74, 6) is 2.90. The van der Waals surface area contributed by atoms with Crippen LogP contribution < -0.4 is 24.8 Å². The summed E-state index contributed by atoms with van der Waals surface area (Å²) in [6, 6.07) is 23.0. The van der Waals surface area contributed by atoms with E-state index in [-0.39, 0.29) is 12.3 Å². The van der Waals surface area contributed by atoms with Gasteiger partial charge >= 0.3 is 0 Å². The summed E-state index contributed by atoms with van der Waals surface area (Å²) in [6.45, 7) is 6.11. The SMILES string of the molecule is CCOc1ccc(CNc2nc(NCc3ccc(OCC)cc3)n(C(=O)Cc3ccc(OC)cc3)n2)cc1. The monoisotopic (exact) mass is 515 g/mol. The Morgan fingerprint density at radius 2 is 1.24 bits per heavy atom. The van der Waals surface area contributed by atoms with Crippen molar-refractivity contribution in [3.8, 4) is 17.2 Å². The average molecular weight is 516 g/mol. The first-order valence-corrected chi connectivity index (χ1v) is 12.6. The van der Waals surface area contributed by atoms with E-state index in [4.69, 9.17) is 14.2 Å². The maximum atomic E-state index is 13.2. The van der Waals surface area contributed by atoms with Crippen molar-refractivity contribution in [1.29, 1.82) is 0 Å². The molecule has 4 rings (SSSR count). The Morgan fingerprint density at radius 3 is 1.76 bits per heavy atom. The van der Waals surface area contributed by atoms with E-state index in [9.17, 15) is 4.79 Å². The number of hydrogen-bond donors (Lipinski definition) is 2. The molecule has 0 atom stereocenters. The largest absolute Gasteiger partial charge is 0.497 e. The number of aromatic nitrogens is 3. The lowest BCUT2D eigenvalue weighted by atomic mass is 10.1. The van der Waals surface area contributed by atoms with E-state index in [2.05, 4.69) is 20.7 Å². The average Bonchev–Trinajstić information content (AvgIpc) is 3.36. The zero-order chi connectivity index (χ0) is 26.7. The molecule has 1 aromatic heterocycles. The number of nitrogens with zero attached hydrogens (tertiary/aromatic N) is 3. The summed E-state index contributed by atoms with van der Waals surface area (Å²) in [4.78, 5) is 17.8. The quantitative estimate of drug-likeness (QED) is 0.251. The van der Waals surface area contributed by atoms with Crippen molar-refractivity contribution < 1.29 is 19.0 Å². The third-order valence-corrected chi connectivity index (χ3v) is 5.73. The van der Waals surface area contributed by atoms with E-state index in [1.54, 1.807) is 7.11 Å². The van der Waals surface area contributed by atoms with Crippen LogP contribution in [0.15, 0.2) is 72.8 Å². The molecule has 0 saturated heterocycles. The molecule has 9 nitrogen and oxygen atoms in total. The Balaban J connectivity index is 1.48. The molecular formula is C29H33N5O4. The molecule has 2 N–H and O–H groups in total. The second-order valence-electron chi connectivity index (χ2n) is 8.45. The van der Waals surface area contributed by atoms with Crippen molar-refractivity contribution >= 4 is 17.8 Å². The summed E-state index contributed by atoms with van der Waals surface area (Å²) in [5.41, 5.74) is 2.92. The van der Waals surface area contributed by atoms with Gasteiger partial charge in [0.1, 0.15) is 17.2 Å². The number of ether oxygens (including phenoxy) is 3. The standard InChI is InChI=1S/C29H33N5O4/c1-4-37-25-14-8-22(9-15-25)19-30-28-32-29(31-20-23-10-16-26(17-11-23)38-5-2)34(33-28)27(35)18-21-6-12-24(36-3)13-7-21/h6-17H,4-5,18-20H2,1-3H3,(H2,30,31,32,33). The van der Waals surface area contributed by atoms with Crippen molar-refractivity contribution in [2.75, 3.05) is 31.0 Å². The lowest BCUT2D eigenvalue weighted by Crippen LogP contribution is -2.18. The number of anilines is 2. The fraction of sp³-hybridized carbons (Fsp3) is 0.276. The van der Waals surface area contributed by atoms with Crippen molar-refractivity contribution in [2.45, 2.75) is 33.4 Å². The van der Waals surface area contributed by atoms with Crippen LogP contribution in [0.3, 0.4) is 0 Å². The molecule has 0 spiro atoms. The van der Waals surface area contributed by atoms with Crippen LogP contribution in [0.2, 0.25) is 0 Å². The van der Waals surface area contributed by atoms with Crippen LogP contribution in [0, 0.1) is 0 Å². The number of carbonyl (C=O) groups is 1. The molecule has 0 unspecified atom stereocenters. The highest BCUT2D eigenvalue weighted by Crippen LogP contribution is 2.18. The third-order valence-electron chi connectivity index (χ3n) is 5.73. The number of benzene rings is 3. The number of nitrogens with one attached hydrogen (secondary N) is 2. The molecule has 0 bridgehead atoms. The van der Waals surface area contributed by atoms with Gasteiger partial charge < -0.3 is 24.8 Å². The summed E-state index contributed by atoms with van der Waals surface area (Å²) in [6.07, 6.45) is 0.170. The fourth-order valence-corrected chi connectivity index (χ4v) is 3.77. The van der Waals surface area contributed by atoms with Gasteiger partial charge in [-0.3, -0.25) is 4.79 Å². The highest BCUT2D eigenvalue weighted by Gasteiger charge is 2.17. The first-order chi connectivity index (χ1) is 18.6. The minimum absolute atomic E-state index is 0.170. The van der Waals surface area contributed by atoms with Gasteiger partial charge in [-0.2, -0.15) is 9.67 Å². The van der Waals surface area contributed by atoms with Gasteiger partial charge in [0.05, 0.1) is 26.7 Å². The number of rotatable bonds is 13. The molecule has 1 heterocycles. The molecule has 9 heteroatoms. The van der Waals surface area contributed by atoms with Crippen LogP contribution in [0.25, 0.3) is 0 Å². The lowest BCUT2D eigenvalue weighted by molar-refractivity contribution is 0.0901. The van der Waals surface area contributed by atoms with E-state index in [1.165, 1.54) is 4.68 Å². The fourth-order valence-electron chi connectivity index (χ4n) is 3.77. The van der Waals surface area contributed by atoms with Gasteiger partial charge in [0.25, 0.3) is 5.91 Å². The van der Waals surface area contributed by atoms with Crippen LogP contribution in [-0.2, 0) is 19.5 Å². The van der Waals surface area contributed by atoms with E-state index in [1.807, 2.05) is 86.6 Å². The predicted octanol–water partition coefficient (Wildman–Crippen LogP) is 5.19. The van der Waals surface area contributed by atoms with Gasteiger partial charge in [0, 0.05) is 13.1 Å². The molecule has 0 aliphatic rings. The molecule has 0 fully saturated rings. The van der Waals surface area contributed by atoms with Crippen LogP contribution in [0.4, 0.5) is 11.9 Å². The van der Waals surface area contributed by atoms with Crippen LogP contribution in [0.5, 0.6) is 17.2 Å². The van der Waals surface area contributed by atoms with Gasteiger partial charge in [-0.1, -0.05) is 36.4 Å². The third kappa shape index (κ3) is 7.25. The molecule has 4 aromatic rings. The Labute approximate surface area is 222 Å². The Kier molecular flexibility index (Phi) is 9.17. The molecule has 0 aliphatic heterocycles. The Bertz CT molecular complexity index is 1300. The zero-order valence-corrected chi connectivity index (χ0v) is 21.9. The van der Waals surface area contributed by atoms with Crippen LogP contribution in [0.1, 0.15) is 35.3 Å². The molecular weight excluding hydrogens is 482 g/mol. The Hall–Kier alpha value is -4.53. The van der Waals surface area contributed by atoms with Crippen molar-refractivity contribution in [3.63, 3.8) is 0 Å². The number of carbonyl (C=O) groups excluding carboxylic acids is 1. The maximum Gasteiger partial charge on any atom is 0.254 e. The maximum absolute atomic E-state index is 13.2. The lowest BCUT2D eigenvalue weighted by Gasteiger charge is -2.09. The highest BCUT2D eigenvalue weighted by atomic mass is 16.5. The molecule has 0 aliphatic carbocycles. The predicted molar refractivity (Wildman–Crippen MR) is 147 cm³/mol. The first kappa shape index (κ1) is 26.5. The van der Waals surface area contributed by atoms with Gasteiger partial charge in [-0.15, -0.1) is 5.10 Å². The molecule has 0 radical (unpaired) electrons. The summed E-state index contributed by atoms with van der Waals surface area (Å²) >= 11 is 0. The molecule has 3 aromatic carbocycles. The summed E-state index contributed by atoms with van der Waals surface area (Å²) in [7, 11) is 1.61. The van der Waals surface area contributed by atoms with Gasteiger partial charge in [0.2, 0.25) is 11.9 Å². The second-order valence-corrected chi connectivity index (χ2v) is 8.45. The molecule has 0 saturated carbocycles. The second kappa shape index (κ2) is 13.1. The van der Waals surface area contributed by atoms with Gasteiger partial charge in [0.15, 0.2) is 0 Å². The topological polar surface area (TPSA) is 99.5 Å². The molecule has 38 heavy (non-hydrogen) atoms. The first-order valence-electron chi connectivity index (χ1n) is 12.6. The zero-order valence-electron chi connectivity index (χ0n) is 21.9. The van der Waals surface area contributed by atoms with Crippen molar-refractivity contribution in [1.82, 2.24) is 14.8 Å². The smallest absolute Gasteiger partial charge is 0.254 e. The van der Waals surface area contributed by atoms with Gasteiger partial charge in [-0.25, -0.2) is 0 Å². The molecule has 0 amide bonds. The molecule has 198 valence electrons. The Morgan fingerprint density at radius 1 is 0.737 bits per heavy atom. The number of methoxy groups -OCH3 is 1.